The van der Waals surface area contributed by atoms with Crippen molar-refractivity contribution >= 4 is 11.9 Å². The predicted octanol–water partition coefficient (Wildman–Crippen LogP) is 5.82. The van der Waals surface area contributed by atoms with Gasteiger partial charge in [0.25, 0.3) is 0 Å². The Balaban J connectivity index is 1.27. The summed E-state index contributed by atoms with van der Waals surface area (Å²) in [4.78, 5) is 29.9. The van der Waals surface area contributed by atoms with Gasteiger partial charge in [-0.2, -0.15) is 0 Å². The van der Waals surface area contributed by atoms with Gasteiger partial charge in [-0.25, -0.2) is 0 Å². The van der Waals surface area contributed by atoms with Crippen molar-refractivity contribution in [1.29, 1.82) is 0 Å². The van der Waals surface area contributed by atoms with Crippen molar-refractivity contribution in [3.8, 4) is 0 Å². The normalized spacial score (nSPS) is 47.0. The first-order valence-corrected chi connectivity index (χ1v) is 16.5. The molecule has 6 nitrogen and oxygen atoms in total. The highest BCUT2D eigenvalue weighted by molar-refractivity contribution is 5.66. The highest BCUT2D eigenvalue weighted by Gasteiger charge is 2.65. The highest BCUT2D eigenvalue weighted by atomic mass is 16.5. The van der Waals surface area contributed by atoms with Crippen LogP contribution in [-0.2, 0) is 19.1 Å². The lowest BCUT2D eigenvalue weighted by atomic mass is 9.44. The Labute approximate surface area is 236 Å². The van der Waals surface area contributed by atoms with Crippen LogP contribution in [0.2, 0.25) is 0 Å². The third kappa shape index (κ3) is 4.98. The summed E-state index contributed by atoms with van der Waals surface area (Å²) in [6, 6.07) is 0.746. The molecule has 2 unspecified atom stereocenters. The van der Waals surface area contributed by atoms with E-state index in [1.807, 2.05) is 0 Å². The van der Waals surface area contributed by atoms with Gasteiger partial charge in [0.1, 0.15) is 12.2 Å². The summed E-state index contributed by atoms with van der Waals surface area (Å²) in [5.74, 6) is 2.49. The lowest BCUT2D eigenvalue weighted by Crippen LogP contribution is -2.61. The zero-order valence-corrected chi connectivity index (χ0v) is 25.2. The number of likely N-dealkylation sites (tertiary alicyclic amines) is 2. The van der Waals surface area contributed by atoms with Crippen LogP contribution in [0, 0.1) is 34.5 Å². The molecule has 6 rings (SSSR count). The van der Waals surface area contributed by atoms with Gasteiger partial charge in [-0.1, -0.05) is 26.7 Å². The van der Waals surface area contributed by atoms with Crippen LogP contribution in [0.3, 0.4) is 0 Å². The molecule has 4 aliphatic carbocycles. The summed E-state index contributed by atoms with van der Waals surface area (Å²) >= 11 is 0. The van der Waals surface area contributed by atoms with Crippen molar-refractivity contribution in [3.63, 3.8) is 0 Å². The van der Waals surface area contributed by atoms with Crippen molar-refractivity contribution in [3.05, 3.63) is 0 Å². The molecule has 39 heavy (non-hydrogen) atoms. The highest BCUT2D eigenvalue weighted by Crippen LogP contribution is 2.67. The van der Waals surface area contributed by atoms with Gasteiger partial charge in [-0.3, -0.25) is 19.4 Å². The maximum Gasteiger partial charge on any atom is 0.302 e. The summed E-state index contributed by atoms with van der Waals surface area (Å²) in [5, 5.41) is 0. The molecule has 2 heterocycles. The molecule has 0 bridgehead atoms. The Morgan fingerprint density at radius 1 is 0.692 bits per heavy atom. The quantitative estimate of drug-likeness (QED) is 0.417. The Morgan fingerprint density at radius 2 is 1.31 bits per heavy atom. The second-order valence-electron chi connectivity index (χ2n) is 14.9. The summed E-state index contributed by atoms with van der Waals surface area (Å²) in [6.07, 6.45) is 16.2. The number of fused-ring (bicyclic) bond motifs is 5. The lowest BCUT2D eigenvalue weighted by Gasteiger charge is -2.62. The van der Waals surface area contributed by atoms with Crippen LogP contribution >= 0.6 is 0 Å². The molecule has 0 amide bonds. The number of hydrogen-bond acceptors (Lipinski definition) is 6. The van der Waals surface area contributed by atoms with Crippen molar-refractivity contribution in [2.24, 2.45) is 34.5 Å². The standard InChI is InChI=1S/C33H54N2O4/c1-22(36)38-30-19-24-11-12-25-26(33(24,4)21-29(30)35-17-9-6-10-18-35)13-14-32(3)27(25)20-28(31(32)39-23(2)37)34-15-7-5-8-16-34/h24-31H,5-21H2,1-4H3/t24-,25+,26-,27-,28-,29-,30-,31-,32?,33?/m0/s1. The third-order valence-corrected chi connectivity index (χ3v) is 12.9. The minimum Gasteiger partial charge on any atom is -0.461 e. The minimum absolute atomic E-state index is 0.0328. The van der Waals surface area contributed by atoms with E-state index >= 15 is 0 Å². The van der Waals surface area contributed by atoms with Crippen LogP contribution in [0.25, 0.3) is 0 Å². The van der Waals surface area contributed by atoms with Gasteiger partial charge in [0.2, 0.25) is 0 Å². The number of carbonyl (C=O) groups is 2. The molecule has 2 aliphatic heterocycles. The number of ether oxygens (including phenoxy) is 2. The fraction of sp³-hybridized carbons (Fsp3) is 0.939. The third-order valence-electron chi connectivity index (χ3n) is 12.9. The Kier molecular flexibility index (Phi) is 7.85. The van der Waals surface area contributed by atoms with Crippen molar-refractivity contribution < 1.29 is 19.1 Å². The summed E-state index contributed by atoms with van der Waals surface area (Å²) in [6.45, 7) is 12.9. The maximum atomic E-state index is 12.4. The van der Waals surface area contributed by atoms with Crippen LogP contribution in [0.1, 0.15) is 111 Å². The first kappa shape index (κ1) is 28.0. The van der Waals surface area contributed by atoms with Crippen molar-refractivity contribution in [2.75, 3.05) is 26.2 Å². The molecule has 0 aromatic heterocycles. The number of esters is 2. The van der Waals surface area contributed by atoms with Crippen LogP contribution in [0.4, 0.5) is 0 Å². The molecule has 0 radical (unpaired) electrons. The van der Waals surface area contributed by atoms with E-state index in [0.29, 0.717) is 35.3 Å². The molecule has 0 aromatic rings. The molecular formula is C33H54N2O4. The van der Waals surface area contributed by atoms with Gasteiger partial charge in [0, 0.05) is 31.3 Å². The molecular weight excluding hydrogens is 488 g/mol. The average molecular weight is 543 g/mol. The summed E-state index contributed by atoms with van der Waals surface area (Å²) in [5.41, 5.74) is 0.377. The van der Waals surface area contributed by atoms with E-state index in [4.69, 9.17) is 9.47 Å². The molecule has 0 N–H and O–H groups in total. The first-order valence-electron chi connectivity index (χ1n) is 16.5. The predicted molar refractivity (Wildman–Crippen MR) is 152 cm³/mol. The van der Waals surface area contributed by atoms with E-state index in [2.05, 4.69) is 23.6 Å². The smallest absolute Gasteiger partial charge is 0.302 e. The second kappa shape index (κ2) is 10.9. The molecule has 2 saturated heterocycles. The Hall–Kier alpha value is -1.14. The SMILES string of the molecule is CC(=O)O[C@H]1C[C@@H]2CC[C@@H]3[C@H](CCC4(C)[C@H]3C[C@H](N3CCCCC3)[C@@H]4OC(C)=O)C2(C)C[C@@H]1N1CCCCC1. The molecule has 6 heteroatoms. The molecule has 6 fully saturated rings. The fourth-order valence-electron chi connectivity index (χ4n) is 11.2. The fourth-order valence-corrected chi connectivity index (χ4v) is 11.2. The maximum absolute atomic E-state index is 12.4. The van der Waals surface area contributed by atoms with Gasteiger partial charge < -0.3 is 9.47 Å². The van der Waals surface area contributed by atoms with Gasteiger partial charge in [-0.05, 0) is 126 Å². The molecule has 10 atom stereocenters. The van der Waals surface area contributed by atoms with Crippen molar-refractivity contribution in [1.82, 2.24) is 9.80 Å². The first-order chi connectivity index (χ1) is 18.7. The molecule has 220 valence electrons. The minimum atomic E-state index is -0.112. The zero-order chi connectivity index (χ0) is 27.4. The number of nitrogens with zero attached hydrogens (tertiary/aromatic N) is 2. The number of rotatable bonds is 4. The zero-order valence-electron chi connectivity index (χ0n) is 25.2. The van der Waals surface area contributed by atoms with Crippen LogP contribution in [-0.4, -0.2) is 72.2 Å². The van der Waals surface area contributed by atoms with E-state index in [1.165, 1.54) is 77.0 Å². The molecule has 0 spiro atoms. The monoisotopic (exact) mass is 542 g/mol. The van der Waals surface area contributed by atoms with E-state index in [1.54, 1.807) is 13.8 Å². The second-order valence-corrected chi connectivity index (χ2v) is 14.9. The van der Waals surface area contributed by atoms with Gasteiger partial charge in [-0.15, -0.1) is 0 Å². The van der Waals surface area contributed by atoms with E-state index in [-0.39, 0.29) is 29.6 Å². The van der Waals surface area contributed by atoms with Crippen LogP contribution in [0.15, 0.2) is 0 Å². The van der Waals surface area contributed by atoms with Gasteiger partial charge in [0.05, 0.1) is 0 Å². The number of piperidine rings is 2. The van der Waals surface area contributed by atoms with Crippen LogP contribution < -0.4 is 0 Å². The van der Waals surface area contributed by atoms with E-state index in [0.717, 1.165) is 38.5 Å². The molecule has 4 saturated carbocycles. The largest absolute Gasteiger partial charge is 0.461 e. The number of carbonyl (C=O) groups excluding carboxylic acids is 2. The number of hydrogen-bond donors (Lipinski definition) is 0. The topological polar surface area (TPSA) is 59.1 Å². The average Bonchev–Trinajstić information content (AvgIpc) is 3.21. The Morgan fingerprint density at radius 3 is 1.92 bits per heavy atom. The van der Waals surface area contributed by atoms with E-state index < -0.39 is 0 Å². The van der Waals surface area contributed by atoms with Gasteiger partial charge >= 0.3 is 11.9 Å². The van der Waals surface area contributed by atoms with Crippen LogP contribution in [0.5, 0.6) is 0 Å². The lowest BCUT2D eigenvalue weighted by molar-refractivity contribution is -0.180. The summed E-state index contributed by atoms with van der Waals surface area (Å²) < 4.78 is 12.3. The van der Waals surface area contributed by atoms with Gasteiger partial charge in [0.15, 0.2) is 0 Å². The van der Waals surface area contributed by atoms with Crippen molar-refractivity contribution in [2.45, 2.75) is 135 Å². The molecule has 0 aromatic carbocycles. The summed E-state index contributed by atoms with van der Waals surface area (Å²) in [7, 11) is 0. The van der Waals surface area contributed by atoms with E-state index in [9.17, 15) is 9.59 Å². The molecule has 6 aliphatic rings. The Bertz CT molecular complexity index is 913.